The van der Waals surface area contributed by atoms with E-state index in [0.717, 1.165) is 11.3 Å². The van der Waals surface area contributed by atoms with Gasteiger partial charge in [0.1, 0.15) is 0 Å². The van der Waals surface area contributed by atoms with Gasteiger partial charge in [-0.2, -0.15) is 5.10 Å². The molecule has 0 aliphatic heterocycles. The molecule has 84 valence electrons. The zero-order chi connectivity index (χ0) is 11.8. The standard InChI is InChI=1S/C13H15ClN2/c1-13(2,3)10-6-4-9(5-7-10)12-11(14)8-15-16-12/h4-8H,1-3H3,(H,15,16). The lowest BCUT2D eigenvalue weighted by Gasteiger charge is -2.19. The van der Waals surface area contributed by atoms with Crippen molar-refractivity contribution in [3.05, 3.63) is 41.0 Å². The maximum atomic E-state index is 6.01. The molecule has 0 saturated heterocycles. The van der Waals surface area contributed by atoms with E-state index in [1.165, 1.54) is 5.56 Å². The van der Waals surface area contributed by atoms with Gasteiger partial charge in [-0.15, -0.1) is 0 Å². The van der Waals surface area contributed by atoms with Crippen molar-refractivity contribution < 1.29 is 0 Å². The van der Waals surface area contributed by atoms with Crippen LogP contribution in [0.15, 0.2) is 30.5 Å². The van der Waals surface area contributed by atoms with Crippen molar-refractivity contribution in [1.82, 2.24) is 10.2 Å². The Hall–Kier alpha value is -1.28. The topological polar surface area (TPSA) is 28.7 Å². The number of H-pyrrole nitrogens is 1. The molecule has 0 saturated carbocycles. The van der Waals surface area contributed by atoms with E-state index >= 15 is 0 Å². The van der Waals surface area contributed by atoms with Crippen LogP contribution in [-0.4, -0.2) is 10.2 Å². The normalized spacial score (nSPS) is 11.8. The van der Waals surface area contributed by atoms with Crippen molar-refractivity contribution in [3.63, 3.8) is 0 Å². The first-order valence-corrected chi connectivity index (χ1v) is 5.66. The molecule has 2 rings (SSSR count). The number of hydrogen-bond donors (Lipinski definition) is 1. The van der Waals surface area contributed by atoms with Gasteiger partial charge in [0.2, 0.25) is 0 Å². The second-order valence-electron chi connectivity index (χ2n) is 4.92. The Labute approximate surface area is 101 Å². The van der Waals surface area contributed by atoms with Gasteiger partial charge in [-0.3, -0.25) is 5.10 Å². The molecule has 1 N–H and O–H groups in total. The van der Waals surface area contributed by atoms with Gasteiger partial charge >= 0.3 is 0 Å². The minimum atomic E-state index is 0.177. The van der Waals surface area contributed by atoms with Crippen LogP contribution >= 0.6 is 11.6 Å². The molecule has 0 fully saturated rings. The molecular weight excluding hydrogens is 220 g/mol. The van der Waals surface area contributed by atoms with Crippen molar-refractivity contribution in [2.24, 2.45) is 0 Å². The molecule has 1 aromatic heterocycles. The molecule has 2 nitrogen and oxygen atoms in total. The summed E-state index contributed by atoms with van der Waals surface area (Å²) < 4.78 is 0. The Kier molecular flexibility index (Phi) is 2.76. The van der Waals surface area contributed by atoms with Crippen LogP contribution in [0.1, 0.15) is 26.3 Å². The monoisotopic (exact) mass is 234 g/mol. The van der Waals surface area contributed by atoms with Crippen LogP contribution < -0.4 is 0 Å². The number of aromatic amines is 1. The van der Waals surface area contributed by atoms with Crippen molar-refractivity contribution in [3.8, 4) is 11.3 Å². The summed E-state index contributed by atoms with van der Waals surface area (Å²) >= 11 is 6.01. The summed E-state index contributed by atoms with van der Waals surface area (Å²) in [5, 5.41) is 7.47. The SMILES string of the molecule is CC(C)(C)c1ccc(-c2[nH]ncc2Cl)cc1. The molecule has 0 amide bonds. The third-order valence-corrected chi connectivity index (χ3v) is 2.92. The highest BCUT2D eigenvalue weighted by atomic mass is 35.5. The molecule has 0 unspecified atom stereocenters. The molecule has 16 heavy (non-hydrogen) atoms. The summed E-state index contributed by atoms with van der Waals surface area (Å²) in [6.07, 6.45) is 1.62. The summed E-state index contributed by atoms with van der Waals surface area (Å²) in [6.45, 7) is 6.60. The molecule has 0 aliphatic rings. The smallest absolute Gasteiger partial charge is 0.0862 e. The van der Waals surface area contributed by atoms with Crippen LogP contribution in [-0.2, 0) is 5.41 Å². The third-order valence-electron chi connectivity index (χ3n) is 2.63. The van der Waals surface area contributed by atoms with Gasteiger partial charge in [-0.1, -0.05) is 56.6 Å². The van der Waals surface area contributed by atoms with E-state index in [-0.39, 0.29) is 5.41 Å². The Morgan fingerprint density at radius 3 is 2.19 bits per heavy atom. The Balaban J connectivity index is 2.37. The summed E-state index contributed by atoms with van der Waals surface area (Å²) in [6, 6.07) is 8.40. The van der Waals surface area contributed by atoms with Crippen molar-refractivity contribution in [2.45, 2.75) is 26.2 Å². The highest BCUT2D eigenvalue weighted by molar-refractivity contribution is 6.32. The molecule has 1 aromatic carbocycles. The second kappa shape index (κ2) is 3.95. The number of rotatable bonds is 1. The first-order chi connectivity index (χ1) is 7.48. The van der Waals surface area contributed by atoms with Gasteiger partial charge in [0, 0.05) is 5.56 Å². The van der Waals surface area contributed by atoms with E-state index < -0.39 is 0 Å². The fourth-order valence-electron chi connectivity index (χ4n) is 1.61. The van der Waals surface area contributed by atoms with Crippen LogP contribution in [0, 0.1) is 0 Å². The summed E-state index contributed by atoms with van der Waals surface area (Å²) in [5.74, 6) is 0. The molecule has 0 atom stereocenters. The Morgan fingerprint density at radius 2 is 1.75 bits per heavy atom. The molecule has 0 bridgehead atoms. The van der Waals surface area contributed by atoms with E-state index in [0.29, 0.717) is 5.02 Å². The van der Waals surface area contributed by atoms with Crippen molar-refractivity contribution in [2.75, 3.05) is 0 Å². The van der Waals surface area contributed by atoms with Gasteiger partial charge in [-0.05, 0) is 11.0 Å². The fraction of sp³-hybridized carbons (Fsp3) is 0.308. The predicted octanol–water partition coefficient (Wildman–Crippen LogP) is 4.03. The van der Waals surface area contributed by atoms with Gasteiger partial charge in [-0.25, -0.2) is 0 Å². The predicted molar refractivity (Wildman–Crippen MR) is 67.7 cm³/mol. The highest BCUT2D eigenvalue weighted by Gasteiger charge is 2.13. The molecule has 0 radical (unpaired) electrons. The Bertz CT molecular complexity index is 477. The lowest BCUT2D eigenvalue weighted by atomic mass is 9.86. The van der Waals surface area contributed by atoms with Crippen molar-refractivity contribution >= 4 is 11.6 Å². The summed E-state index contributed by atoms with van der Waals surface area (Å²) in [5.41, 5.74) is 3.43. The lowest BCUT2D eigenvalue weighted by molar-refractivity contribution is 0.590. The van der Waals surface area contributed by atoms with E-state index in [1.54, 1.807) is 6.20 Å². The molecule has 1 heterocycles. The second-order valence-corrected chi connectivity index (χ2v) is 5.33. The molecule has 0 spiro atoms. The summed E-state index contributed by atoms with van der Waals surface area (Å²) in [7, 11) is 0. The van der Waals surface area contributed by atoms with Crippen LogP contribution in [0.25, 0.3) is 11.3 Å². The van der Waals surface area contributed by atoms with Gasteiger partial charge in [0.15, 0.2) is 0 Å². The first-order valence-electron chi connectivity index (χ1n) is 5.28. The first kappa shape index (κ1) is 11.2. The Morgan fingerprint density at radius 1 is 1.12 bits per heavy atom. The number of aromatic nitrogens is 2. The number of nitrogens with zero attached hydrogens (tertiary/aromatic N) is 1. The lowest BCUT2D eigenvalue weighted by Crippen LogP contribution is -2.10. The van der Waals surface area contributed by atoms with E-state index in [4.69, 9.17) is 11.6 Å². The highest BCUT2D eigenvalue weighted by Crippen LogP contribution is 2.28. The van der Waals surface area contributed by atoms with E-state index in [2.05, 4.69) is 55.2 Å². The molecule has 0 aliphatic carbocycles. The van der Waals surface area contributed by atoms with Crippen LogP contribution in [0.2, 0.25) is 5.02 Å². The van der Waals surface area contributed by atoms with Gasteiger partial charge in [0.25, 0.3) is 0 Å². The number of nitrogens with one attached hydrogen (secondary N) is 1. The van der Waals surface area contributed by atoms with E-state index in [9.17, 15) is 0 Å². The molecular formula is C13H15ClN2. The number of hydrogen-bond acceptors (Lipinski definition) is 1. The van der Waals surface area contributed by atoms with Crippen molar-refractivity contribution in [1.29, 1.82) is 0 Å². The number of halogens is 1. The quantitative estimate of drug-likeness (QED) is 0.793. The zero-order valence-corrected chi connectivity index (χ0v) is 10.5. The maximum absolute atomic E-state index is 6.01. The van der Waals surface area contributed by atoms with Crippen LogP contribution in [0.5, 0.6) is 0 Å². The number of benzene rings is 1. The van der Waals surface area contributed by atoms with E-state index in [1.807, 2.05) is 0 Å². The zero-order valence-electron chi connectivity index (χ0n) is 9.71. The maximum Gasteiger partial charge on any atom is 0.0862 e. The van der Waals surface area contributed by atoms with Crippen LogP contribution in [0.3, 0.4) is 0 Å². The average molecular weight is 235 g/mol. The largest absolute Gasteiger partial charge is 0.276 e. The van der Waals surface area contributed by atoms with Gasteiger partial charge in [0.05, 0.1) is 16.9 Å². The third kappa shape index (κ3) is 2.12. The molecule has 2 aromatic rings. The van der Waals surface area contributed by atoms with Gasteiger partial charge < -0.3 is 0 Å². The minimum Gasteiger partial charge on any atom is -0.276 e. The minimum absolute atomic E-state index is 0.177. The summed E-state index contributed by atoms with van der Waals surface area (Å²) in [4.78, 5) is 0. The van der Waals surface area contributed by atoms with Crippen LogP contribution in [0.4, 0.5) is 0 Å². The molecule has 3 heteroatoms. The average Bonchev–Trinajstić information content (AvgIpc) is 2.63. The fourth-order valence-corrected chi connectivity index (χ4v) is 1.81.